The molecule has 2 atom stereocenters. The van der Waals surface area contributed by atoms with E-state index in [0.29, 0.717) is 6.54 Å². The Morgan fingerprint density at radius 3 is 2.55 bits per heavy atom. The van der Waals surface area contributed by atoms with Gasteiger partial charge in [0.15, 0.2) is 0 Å². The Kier molecular flexibility index (Phi) is 7.08. The van der Waals surface area contributed by atoms with Crippen LogP contribution in [0.3, 0.4) is 0 Å². The minimum Gasteiger partial charge on any atom is -0.480 e. The van der Waals surface area contributed by atoms with E-state index >= 15 is 0 Å². The van der Waals surface area contributed by atoms with E-state index in [9.17, 15) is 9.59 Å². The summed E-state index contributed by atoms with van der Waals surface area (Å²) in [6, 6.07) is -1.09. The van der Waals surface area contributed by atoms with Crippen molar-refractivity contribution >= 4 is 12.0 Å². The molecule has 1 saturated heterocycles. The van der Waals surface area contributed by atoms with E-state index in [0.717, 1.165) is 13.1 Å². The number of carbonyl (C=O) groups is 2. The molecule has 1 fully saturated rings. The standard InChI is InChI=1S/C14H25N3O3/c1-3-7-12(13(18)19)16-14(20)15-10-11(2)17-8-5-4-6-9-17/h3,11-12H,1,4-10H2,2H3,(H,18,19)(H2,15,16,20). The number of nitrogens with zero attached hydrogens (tertiary/aromatic N) is 1. The van der Waals surface area contributed by atoms with E-state index in [1.165, 1.54) is 25.3 Å². The third-order valence-electron chi connectivity index (χ3n) is 3.58. The van der Waals surface area contributed by atoms with Gasteiger partial charge in [0.05, 0.1) is 0 Å². The number of piperidine rings is 1. The molecule has 20 heavy (non-hydrogen) atoms. The van der Waals surface area contributed by atoms with Crippen molar-refractivity contribution in [1.29, 1.82) is 0 Å². The lowest BCUT2D eigenvalue weighted by Crippen LogP contribution is -2.50. The molecule has 0 aromatic rings. The minimum absolute atomic E-state index is 0.213. The van der Waals surface area contributed by atoms with Crippen LogP contribution < -0.4 is 10.6 Å². The summed E-state index contributed by atoms with van der Waals surface area (Å²) >= 11 is 0. The molecule has 0 spiro atoms. The average Bonchev–Trinajstić information content (AvgIpc) is 2.45. The van der Waals surface area contributed by atoms with Gasteiger partial charge in [0.1, 0.15) is 6.04 Å². The van der Waals surface area contributed by atoms with Gasteiger partial charge in [0.25, 0.3) is 0 Å². The number of hydrogen-bond donors (Lipinski definition) is 3. The Morgan fingerprint density at radius 2 is 2.00 bits per heavy atom. The van der Waals surface area contributed by atoms with Crippen LogP contribution in [0.15, 0.2) is 12.7 Å². The lowest BCUT2D eigenvalue weighted by atomic mass is 10.1. The number of amides is 2. The molecule has 1 rings (SSSR count). The summed E-state index contributed by atoms with van der Waals surface area (Å²) in [7, 11) is 0. The smallest absolute Gasteiger partial charge is 0.326 e. The van der Waals surface area contributed by atoms with Crippen LogP contribution in [0.25, 0.3) is 0 Å². The second-order valence-corrected chi connectivity index (χ2v) is 5.22. The third-order valence-corrected chi connectivity index (χ3v) is 3.58. The highest BCUT2D eigenvalue weighted by molar-refractivity contribution is 5.82. The van der Waals surface area contributed by atoms with Gasteiger partial charge >= 0.3 is 12.0 Å². The van der Waals surface area contributed by atoms with Crippen LogP contribution >= 0.6 is 0 Å². The van der Waals surface area contributed by atoms with Gasteiger partial charge in [-0.25, -0.2) is 9.59 Å². The van der Waals surface area contributed by atoms with Gasteiger partial charge < -0.3 is 15.7 Å². The Balaban J connectivity index is 2.30. The number of aliphatic carboxylic acids is 1. The highest BCUT2D eigenvalue weighted by Crippen LogP contribution is 2.11. The van der Waals surface area contributed by atoms with Crippen LogP contribution in [0.2, 0.25) is 0 Å². The third kappa shape index (κ3) is 5.61. The predicted octanol–water partition coefficient (Wildman–Crippen LogP) is 1.19. The number of likely N-dealkylation sites (tertiary alicyclic amines) is 1. The zero-order valence-electron chi connectivity index (χ0n) is 12.1. The van der Waals surface area contributed by atoms with Crippen molar-refractivity contribution in [3.63, 3.8) is 0 Å². The lowest BCUT2D eigenvalue weighted by Gasteiger charge is -2.32. The van der Waals surface area contributed by atoms with Gasteiger partial charge in [-0.2, -0.15) is 0 Å². The zero-order chi connectivity index (χ0) is 15.0. The van der Waals surface area contributed by atoms with Gasteiger partial charge in [-0.05, 0) is 39.3 Å². The topological polar surface area (TPSA) is 81.7 Å². The van der Waals surface area contributed by atoms with Crippen LogP contribution in [0.5, 0.6) is 0 Å². The summed E-state index contributed by atoms with van der Waals surface area (Å²) in [5.74, 6) is -1.05. The van der Waals surface area contributed by atoms with Crippen molar-refractivity contribution < 1.29 is 14.7 Å². The van der Waals surface area contributed by atoms with Crippen molar-refractivity contribution in [3.05, 3.63) is 12.7 Å². The van der Waals surface area contributed by atoms with E-state index in [1.807, 2.05) is 0 Å². The van der Waals surface area contributed by atoms with E-state index in [4.69, 9.17) is 5.11 Å². The van der Waals surface area contributed by atoms with Crippen molar-refractivity contribution in [2.24, 2.45) is 0 Å². The first kappa shape index (κ1) is 16.5. The first-order chi connectivity index (χ1) is 9.54. The normalized spacial score (nSPS) is 18.9. The molecule has 0 aliphatic carbocycles. The minimum atomic E-state index is -1.05. The van der Waals surface area contributed by atoms with Gasteiger partial charge in [0.2, 0.25) is 0 Å². The largest absolute Gasteiger partial charge is 0.480 e. The van der Waals surface area contributed by atoms with Crippen molar-refractivity contribution in [3.8, 4) is 0 Å². The molecule has 0 bridgehead atoms. The number of carboxylic acid groups (broad SMARTS) is 1. The van der Waals surface area contributed by atoms with Crippen LogP contribution in [0.4, 0.5) is 4.79 Å². The van der Waals surface area contributed by atoms with Crippen LogP contribution in [-0.2, 0) is 4.79 Å². The van der Waals surface area contributed by atoms with Gasteiger partial charge in [-0.3, -0.25) is 4.90 Å². The molecule has 1 aliphatic rings. The van der Waals surface area contributed by atoms with Gasteiger partial charge in [-0.1, -0.05) is 12.5 Å². The maximum Gasteiger partial charge on any atom is 0.326 e. The number of carboxylic acids is 1. The fraction of sp³-hybridized carbons (Fsp3) is 0.714. The quantitative estimate of drug-likeness (QED) is 0.613. The summed E-state index contributed by atoms with van der Waals surface area (Å²) in [5.41, 5.74) is 0. The van der Waals surface area contributed by atoms with Crippen LogP contribution in [-0.4, -0.2) is 53.7 Å². The van der Waals surface area contributed by atoms with Crippen LogP contribution in [0.1, 0.15) is 32.6 Å². The summed E-state index contributed by atoms with van der Waals surface area (Å²) in [5, 5.41) is 14.1. The van der Waals surface area contributed by atoms with Gasteiger partial charge in [0, 0.05) is 12.6 Å². The van der Waals surface area contributed by atoms with Crippen molar-refractivity contribution in [2.45, 2.75) is 44.7 Å². The molecule has 6 nitrogen and oxygen atoms in total. The number of rotatable bonds is 7. The zero-order valence-corrected chi connectivity index (χ0v) is 12.1. The van der Waals surface area contributed by atoms with Gasteiger partial charge in [-0.15, -0.1) is 6.58 Å². The fourth-order valence-corrected chi connectivity index (χ4v) is 2.33. The molecule has 2 unspecified atom stereocenters. The SMILES string of the molecule is C=CCC(NC(=O)NCC(C)N1CCCCC1)C(=O)O. The maximum absolute atomic E-state index is 11.7. The molecule has 0 aromatic heterocycles. The number of urea groups is 1. The molecule has 6 heteroatoms. The van der Waals surface area contributed by atoms with E-state index in [1.54, 1.807) is 0 Å². The highest BCUT2D eigenvalue weighted by Gasteiger charge is 2.20. The highest BCUT2D eigenvalue weighted by atomic mass is 16.4. The van der Waals surface area contributed by atoms with E-state index in [-0.39, 0.29) is 12.5 Å². The second kappa shape index (κ2) is 8.58. The summed E-state index contributed by atoms with van der Waals surface area (Å²) < 4.78 is 0. The van der Waals surface area contributed by atoms with E-state index < -0.39 is 18.0 Å². The molecule has 0 saturated carbocycles. The van der Waals surface area contributed by atoms with Crippen molar-refractivity contribution in [2.75, 3.05) is 19.6 Å². The predicted molar refractivity (Wildman–Crippen MR) is 77.7 cm³/mol. The molecule has 1 aliphatic heterocycles. The lowest BCUT2D eigenvalue weighted by molar-refractivity contribution is -0.139. The van der Waals surface area contributed by atoms with Crippen LogP contribution in [0, 0.1) is 0 Å². The number of nitrogens with one attached hydrogen (secondary N) is 2. The maximum atomic E-state index is 11.7. The fourth-order valence-electron chi connectivity index (χ4n) is 2.33. The monoisotopic (exact) mass is 283 g/mol. The molecular weight excluding hydrogens is 258 g/mol. The second-order valence-electron chi connectivity index (χ2n) is 5.22. The number of hydrogen-bond acceptors (Lipinski definition) is 3. The molecule has 114 valence electrons. The Labute approximate surface area is 120 Å². The molecule has 2 amide bonds. The summed E-state index contributed by atoms with van der Waals surface area (Å²) in [6.07, 6.45) is 5.38. The Hall–Kier alpha value is -1.56. The summed E-state index contributed by atoms with van der Waals surface area (Å²) in [4.78, 5) is 24.9. The first-order valence-electron chi connectivity index (χ1n) is 7.16. The number of carbonyl (C=O) groups excluding carboxylic acids is 1. The summed E-state index contributed by atoms with van der Waals surface area (Å²) in [6.45, 7) is 8.21. The molecule has 1 heterocycles. The molecule has 3 N–H and O–H groups in total. The van der Waals surface area contributed by atoms with Crippen molar-refractivity contribution in [1.82, 2.24) is 15.5 Å². The molecular formula is C14H25N3O3. The Bertz CT molecular complexity index is 341. The molecule has 0 aromatic carbocycles. The Morgan fingerprint density at radius 1 is 1.35 bits per heavy atom. The average molecular weight is 283 g/mol. The first-order valence-corrected chi connectivity index (χ1v) is 7.16. The van der Waals surface area contributed by atoms with E-state index in [2.05, 4.69) is 29.0 Å². The molecule has 0 radical (unpaired) electrons.